The van der Waals surface area contributed by atoms with Crippen molar-refractivity contribution in [3.8, 4) is 0 Å². The summed E-state index contributed by atoms with van der Waals surface area (Å²) in [5.41, 5.74) is 0.235. The maximum absolute atomic E-state index is 11.1. The lowest BCUT2D eigenvalue weighted by Gasteiger charge is -2.22. The Kier molecular flexibility index (Phi) is 4.45. The zero-order valence-electron chi connectivity index (χ0n) is 10.5. The highest BCUT2D eigenvalue weighted by Gasteiger charge is 2.23. The fourth-order valence-corrected chi connectivity index (χ4v) is 1.89. The molecule has 1 aromatic carbocycles. The van der Waals surface area contributed by atoms with Crippen LogP contribution in [0, 0.1) is 6.92 Å². The van der Waals surface area contributed by atoms with Crippen LogP contribution in [0.1, 0.15) is 34.0 Å². The molecule has 1 unspecified atom stereocenters. The number of carboxylic acid groups (broad SMARTS) is 1. The zero-order chi connectivity index (χ0) is 13.9. The van der Waals surface area contributed by atoms with Crippen LogP contribution < -0.4 is 0 Å². The monoisotopic (exact) mass is 254 g/mol. The molecule has 1 atom stereocenters. The van der Waals surface area contributed by atoms with Gasteiger partial charge in [0.1, 0.15) is 0 Å². The molecule has 0 saturated heterocycles. The molecule has 100 valence electrons. The van der Waals surface area contributed by atoms with E-state index >= 15 is 0 Å². The third-order valence-electron chi connectivity index (χ3n) is 2.79. The third-order valence-corrected chi connectivity index (χ3v) is 2.79. The Balaban J connectivity index is 3.30. The summed E-state index contributed by atoms with van der Waals surface area (Å²) in [5.74, 6) is -1.12. The number of aryl methyl sites for hydroxylation is 1. The van der Waals surface area contributed by atoms with Gasteiger partial charge in [-0.25, -0.2) is 4.79 Å². The van der Waals surface area contributed by atoms with Gasteiger partial charge < -0.3 is 20.4 Å². The number of benzene rings is 1. The highest BCUT2D eigenvalue weighted by atomic mass is 16.4. The van der Waals surface area contributed by atoms with Crippen LogP contribution in [-0.4, -0.2) is 38.6 Å². The van der Waals surface area contributed by atoms with Crippen LogP contribution in [0.25, 0.3) is 0 Å². The minimum Gasteiger partial charge on any atom is -0.478 e. The number of aliphatic hydroxyl groups excluding tert-OH is 2. The largest absolute Gasteiger partial charge is 0.478 e. The van der Waals surface area contributed by atoms with E-state index < -0.39 is 24.8 Å². The van der Waals surface area contributed by atoms with Crippen molar-refractivity contribution in [1.82, 2.24) is 0 Å². The van der Waals surface area contributed by atoms with Gasteiger partial charge in [-0.2, -0.15) is 0 Å². The van der Waals surface area contributed by atoms with Crippen LogP contribution in [0.15, 0.2) is 12.1 Å². The highest BCUT2D eigenvalue weighted by Crippen LogP contribution is 2.22. The fraction of sp³-hybridized carbons (Fsp3) is 0.462. The molecular formula is C13H18O5. The number of rotatable bonds is 5. The lowest BCUT2D eigenvalue weighted by atomic mass is 9.90. The normalized spacial score (nSPS) is 14.3. The Labute approximate surface area is 105 Å². The molecule has 0 fully saturated rings. The van der Waals surface area contributed by atoms with Crippen molar-refractivity contribution < 1.29 is 25.2 Å². The van der Waals surface area contributed by atoms with E-state index in [0.717, 1.165) is 5.56 Å². The van der Waals surface area contributed by atoms with E-state index in [1.807, 2.05) is 0 Å². The first-order valence-corrected chi connectivity index (χ1v) is 5.60. The van der Waals surface area contributed by atoms with Gasteiger partial charge in [-0.15, -0.1) is 0 Å². The maximum Gasteiger partial charge on any atom is 0.336 e. The zero-order valence-corrected chi connectivity index (χ0v) is 10.5. The molecule has 0 radical (unpaired) electrons. The Morgan fingerprint density at radius 1 is 1.33 bits per heavy atom. The maximum atomic E-state index is 11.1. The summed E-state index contributed by atoms with van der Waals surface area (Å²) in [6.07, 6.45) is 0.0847. The standard InChI is InChI=1S/C13H18O5/c1-8-3-9(5-13(2,18)7-15)11(6-14)10(4-8)12(16)17/h3-4,14-15,18H,5-7H2,1-2H3,(H,16,17). The van der Waals surface area contributed by atoms with E-state index in [1.54, 1.807) is 13.0 Å². The second-order valence-electron chi connectivity index (χ2n) is 4.75. The summed E-state index contributed by atoms with van der Waals surface area (Å²) in [5, 5.41) is 37.3. The smallest absolute Gasteiger partial charge is 0.336 e. The molecule has 0 saturated carbocycles. The molecule has 0 bridgehead atoms. The fourth-order valence-electron chi connectivity index (χ4n) is 1.89. The van der Waals surface area contributed by atoms with E-state index in [4.69, 9.17) is 10.2 Å². The van der Waals surface area contributed by atoms with Gasteiger partial charge in [0.25, 0.3) is 0 Å². The van der Waals surface area contributed by atoms with Crippen molar-refractivity contribution in [2.75, 3.05) is 6.61 Å². The van der Waals surface area contributed by atoms with Crippen LogP contribution in [0.4, 0.5) is 0 Å². The van der Waals surface area contributed by atoms with Crippen molar-refractivity contribution >= 4 is 5.97 Å². The van der Waals surface area contributed by atoms with Gasteiger partial charge in [0.15, 0.2) is 0 Å². The Morgan fingerprint density at radius 3 is 2.39 bits per heavy atom. The number of carbonyl (C=O) groups is 1. The quantitative estimate of drug-likeness (QED) is 0.612. The predicted molar refractivity (Wildman–Crippen MR) is 65.5 cm³/mol. The van der Waals surface area contributed by atoms with Gasteiger partial charge in [0.05, 0.1) is 24.4 Å². The van der Waals surface area contributed by atoms with Crippen molar-refractivity contribution in [3.05, 3.63) is 34.4 Å². The summed E-state index contributed by atoms with van der Waals surface area (Å²) in [6.45, 7) is 2.34. The van der Waals surface area contributed by atoms with Gasteiger partial charge in [-0.3, -0.25) is 0 Å². The van der Waals surface area contributed by atoms with Crippen molar-refractivity contribution in [2.24, 2.45) is 0 Å². The second-order valence-corrected chi connectivity index (χ2v) is 4.75. The molecule has 0 aliphatic carbocycles. The minimum absolute atomic E-state index is 0.0289. The summed E-state index contributed by atoms with van der Waals surface area (Å²) >= 11 is 0. The SMILES string of the molecule is Cc1cc(CC(C)(O)CO)c(CO)c(C(=O)O)c1. The van der Waals surface area contributed by atoms with Crippen molar-refractivity contribution in [1.29, 1.82) is 0 Å². The Morgan fingerprint density at radius 2 is 1.94 bits per heavy atom. The van der Waals surface area contributed by atoms with Gasteiger partial charge in [0.2, 0.25) is 0 Å². The first-order chi connectivity index (χ1) is 8.30. The summed E-state index contributed by atoms with van der Waals surface area (Å²) in [6, 6.07) is 3.19. The Bertz CT molecular complexity index is 451. The molecule has 0 heterocycles. The van der Waals surface area contributed by atoms with E-state index in [-0.39, 0.29) is 17.5 Å². The molecule has 0 amide bonds. The van der Waals surface area contributed by atoms with Gasteiger partial charge in [-0.05, 0) is 36.6 Å². The summed E-state index contributed by atoms with van der Waals surface area (Å²) in [4.78, 5) is 11.1. The molecule has 4 N–H and O–H groups in total. The average molecular weight is 254 g/mol. The first kappa shape index (κ1) is 14.6. The van der Waals surface area contributed by atoms with E-state index in [0.29, 0.717) is 5.56 Å². The van der Waals surface area contributed by atoms with Crippen molar-refractivity contribution in [2.45, 2.75) is 32.5 Å². The number of hydrogen-bond donors (Lipinski definition) is 4. The highest BCUT2D eigenvalue weighted by molar-refractivity contribution is 5.90. The molecule has 0 spiro atoms. The van der Waals surface area contributed by atoms with Crippen LogP contribution in [0.3, 0.4) is 0 Å². The van der Waals surface area contributed by atoms with Crippen LogP contribution >= 0.6 is 0 Å². The predicted octanol–water partition coefficient (Wildman–Crippen LogP) is 0.471. The van der Waals surface area contributed by atoms with E-state index in [1.165, 1.54) is 13.0 Å². The lowest BCUT2D eigenvalue weighted by molar-refractivity contribution is 0.00196. The van der Waals surface area contributed by atoms with E-state index in [9.17, 15) is 15.0 Å². The Hall–Kier alpha value is -1.43. The van der Waals surface area contributed by atoms with Gasteiger partial charge in [-0.1, -0.05) is 6.07 Å². The minimum atomic E-state index is -1.34. The number of hydrogen-bond acceptors (Lipinski definition) is 4. The molecule has 18 heavy (non-hydrogen) atoms. The van der Waals surface area contributed by atoms with E-state index in [2.05, 4.69) is 0 Å². The molecule has 1 rings (SSSR count). The van der Waals surface area contributed by atoms with Gasteiger partial charge >= 0.3 is 5.97 Å². The van der Waals surface area contributed by atoms with Gasteiger partial charge in [0, 0.05) is 6.42 Å². The number of aliphatic hydroxyl groups is 3. The molecule has 0 aromatic heterocycles. The molecule has 5 nitrogen and oxygen atoms in total. The number of aromatic carboxylic acids is 1. The van der Waals surface area contributed by atoms with Crippen LogP contribution in [0.5, 0.6) is 0 Å². The van der Waals surface area contributed by atoms with Crippen LogP contribution in [-0.2, 0) is 13.0 Å². The number of carboxylic acids is 1. The van der Waals surface area contributed by atoms with Crippen LogP contribution in [0.2, 0.25) is 0 Å². The second kappa shape index (κ2) is 5.48. The topological polar surface area (TPSA) is 98.0 Å². The third kappa shape index (κ3) is 3.29. The lowest BCUT2D eigenvalue weighted by Crippen LogP contribution is -2.32. The summed E-state index contributed by atoms with van der Waals surface area (Å²) in [7, 11) is 0. The average Bonchev–Trinajstić information content (AvgIpc) is 2.27. The molecular weight excluding hydrogens is 236 g/mol. The molecule has 0 aliphatic heterocycles. The van der Waals surface area contributed by atoms with Crippen molar-refractivity contribution in [3.63, 3.8) is 0 Å². The molecule has 0 aliphatic rings. The molecule has 5 heteroatoms. The first-order valence-electron chi connectivity index (χ1n) is 5.60. The summed E-state index contributed by atoms with van der Waals surface area (Å²) < 4.78 is 0. The molecule has 1 aromatic rings.